The zero-order valence-electron chi connectivity index (χ0n) is 15.3. The van der Waals surface area contributed by atoms with Gasteiger partial charge in [0.15, 0.2) is 0 Å². The maximum atomic E-state index is 13.4. The number of carbonyl (C=O) groups excluding carboxylic acids is 1. The van der Waals surface area contributed by atoms with Crippen LogP contribution in [0.5, 0.6) is 0 Å². The number of ether oxygens (including phenoxy) is 1. The maximum absolute atomic E-state index is 13.4. The number of carbonyl (C=O) groups is 1. The Bertz CT molecular complexity index is 772. The Kier molecular flexibility index (Phi) is 6.01. The first-order valence-electron chi connectivity index (χ1n) is 8.97. The molecule has 1 amide bonds. The highest BCUT2D eigenvalue weighted by Gasteiger charge is 2.23. The Balaban J connectivity index is 1.74. The molecule has 138 valence electrons. The predicted octanol–water partition coefficient (Wildman–Crippen LogP) is 3.25. The van der Waals surface area contributed by atoms with Gasteiger partial charge in [-0.1, -0.05) is 29.8 Å². The van der Waals surface area contributed by atoms with Crippen LogP contribution in [0.15, 0.2) is 42.5 Å². The van der Waals surface area contributed by atoms with Crippen molar-refractivity contribution < 1.29 is 13.9 Å². The van der Waals surface area contributed by atoms with Crippen LogP contribution < -0.4 is 5.32 Å². The predicted molar refractivity (Wildman–Crippen MR) is 99.8 cm³/mol. The van der Waals surface area contributed by atoms with E-state index in [1.165, 1.54) is 23.3 Å². The number of rotatable bonds is 5. The van der Waals surface area contributed by atoms with E-state index in [0.717, 1.165) is 13.1 Å². The number of morpholine rings is 1. The highest BCUT2D eigenvalue weighted by Crippen LogP contribution is 2.22. The molecule has 0 spiro atoms. The van der Waals surface area contributed by atoms with Crippen LogP contribution >= 0.6 is 0 Å². The average Bonchev–Trinajstić information content (AvgIpc) is 2.65. The van der Waals surface area contributed by atoms with E-state index in [9.17, 15) is 9.18 Å². The van der Waals surface area contributed by atoms with Gasteiger partial charge in [0.2, 0.25) is 0 Å². The van der Waals surface area contributed by atoms with Gasteiger partial charge in [0, 0.05) is 25.2 Å². The van der Waals surface area contributed by atoms with Gasteiger partial charge in [-0.3, -0.25) is 9.69 Å². The number of benzene rings is 2. The van der Waals surface area contributed by atoms with E-state index in [1.54, 1.807) is 13.0 Å². The quantitative estimate of drug-likeness (QED) is 0.894. The SMILES string of the molecule is Cc1cccc(C(CNC(=O)c2ccc(F)c(C)c2)N2CCOCC2)c1. The summed E-state index contributed by atoms with van der Waals surface area (Å²) in [5, 5.41) is 3.02. The van der Waals surface area contributed by atoms with Crippen molar-refractivity contribution in [1.82, 2.24) is 10.2 Å². The van der Waals surface area contributed by atoms with Crippen LogP contribution in [0.25, 0.3) is 0 Å². The van der Waals surface area contributed by atoms with Crippen molar-refractivity contribution >= 4 is 5.91 Å². The van der Waals surface area contributed by atoms with Gasteiger partial charge in [0.25, 0.3) is 5.91 Å². The van der Waals surface area contributed by atoms with Crippen molar-refractivity contribution in [2.24, 2.45) is 0 Å². The third-order valence-electron chi connectivity index (χ3n) is 4.79. The monoisotopic (exact) mass is 356 g/mol. The molecule has 1 fully saturated rings. The minimum Gasteiger partial charge on any atom is -0.379 e. The second-order valence-electron chi connectivity index (χ2n) is 6.75. The van der Waals surface area contributed by atoms with E-state index in [4.69, 9.17) is 4.74 Å². The summed E-state index contributed by atoms with van der Waals surface area (Å²) >= 11 is 0. The molecule has 26 heavy (non-hydrogen) atoms. The molecular weight excluding hydrogens is 331 g/mol. The molecule has 0 radical (unpaired) electrons. The van der Waals surface area contributed by atoms with Gasteiger partial charge in [0.1, 0.15) is 5.82 Å². The van der Waals surface area contributed by atoms with E-state index in [0.29, 0.717) is 30.9 Å². The zero-order chi connectivity index (χ0) is 18.5. The summed E-state index contributed by atoms with van der Waals surface area (Å²) in [6.45, 7) is 7.31. The summed E-state index contributed by atoms with van der Waals surface area (Å²) in [7, 11) is 0. The summed E-state index contributed by atoms with van der Waals surface area (Å²) in [4.78, 5) is 14.9. The topological polar surface area (TPSA) is 41.6 Å². The van der Waals surface area contributed by atoms with Crippen molar-refractivity contribution in [3.05, 3.63) is 70.5 Å². The van der Waals surface area contributed by atoms with E-state index >= 15 is 0 Å². The first-order chi connectivity index (χ1) is 12.5. The number of nitrogens with one attached hydrogen (secondary N) is 1. The van der Waals surface area contributed by atoms with Crippen LogP contribution in [0.1, 0.15) is 33.1 Å². The fraction of sp³-hybridized carbons (Fsp3) is 0.381. The Morgan fingerprint density at radius 2 is 1.96 bits per heavy atom. The average molecular weight is 356 g/mol. The largest absolute Gasteiger partial charge is 0.379 e. The molecule has 1 aliphatic heterocycles. The third kappa shape index (κ3) is 4.48. The molecule has 1 saturated heterocycles. The molecule has 2 aromatic carbocycles. The molecule has 2 aromatic rings. The molecule has 1 unspecified atom stereocenters. The van der Waals surface area contributed by atoms with Gasteiger partial charge in [-0.2, -0.15) is 0 Å². The summed E-state index contributed by atoms with van der Waals surface area (Å²) in [6.07, 6.45) is 0. The fourth-order valence-corrected chi connectivity index (χ4v) is 3.30. The summed E-state index contributed by atoms with van der Waals surface area (Å²) in [6, 6.07) is 12.9. The second kappa shape index (κ2) is 8.43. The number of amides is 1. The van der Waals surface area contributed by atoms with Crippen LogP contribution in [0.3, 0.4) is 0 Å². The van der Waals surface area contributed by atoms with Crippen LogP contribution in [0.2, 0.25) is 0 Å². The molecule has 1 heterocycles. The lowest BCUT2D eigenvalue weighted by molar-refractivity contribution is 0.0162. The van der Waals surface area contributed by atoms with Gasteiger partial charge >= 0.3 is 0 Å². The van der Waals surface area contributed by atoms with Crippen molar-refractivity contribution in [3.8, 4) is 0 Å². The van der Waals surface area contributed by atoms with E-state index in [2.05, 4.69) is 35.3 Å². The Labute approximate surface area is 154 Å². The Morgan fingerprint density at radius 3 is 2.65 bits per heavy atom. The van der Waals surface area contributed by atoms with Gasteiger partial charge < -0.3 is 10.1 Å². The number of hydrogen-bond acceptors (Lipinski definition) is 3. The number of aryl methyl sites for hydroxylation is 2. The molecule has 1 aliphatic rings. The number of halogens is 1. The summed E-state index contributed by atoms with van der Waals surface area (Å²) < 4.78 is 18.9. The van der Waals surface area contributed by atoms with Crippen molar-refractivity contribution in [3.63, 3.8) is 0 Å². The molecular formula is C21H25FN2O2. The highest BCUT2D eigenvalue weighted by atomic mass is 19.1. The first kappa shape index (κ1) is 18.5. The van der Waals surface area contributed by atoms with Gasteiger partial charge in [-0.25, -0.2) is 4.39 Å². The normalized spacial score (nSPS) is 16.3. The van der Waals surface area contributed by atoms with Crippen LogP contribution in [0.4, 0.5) is 4.39 Å². The minimum atomic E-state index is -0.299. The Morgan fingerprint density at radius 1 is 1.19 bits per heavy atom. The molecule has 0 aliphatic carbocycles. The van der Waals surface area contributed by atoms with Gasteiger partial charge in [0.05, 0.1) is 19.3 Å². The standard InChI is InChI=1S/C21H25FN2O2/c1-15-4-3-5-17(12-15)20(24-8-10-26-11-9-24)14-23-21(25)18-6-7-19(22)16(2)13-18/h3-7,12-13,20H,8-11,14H2,1-2H3,(H,23,25). The minimum absolute atomic E-state index is 0.0873. The number of nitrogens with zero attached hydrogens (tertiary/aromatic N) is 1. The zero-order valence-corrected chi connectivity index (χ0v) is 15.3. The maximum Gasteiger partial charge on any atom is 0.251 e. The lowest BCUT2D eigenvalue weighted by atomic mass is 10.0. The third-order valence-corrected chi connectivity index (χ3v) is 4.79. The molecule has 3 rings (SSSR count). The van der Waals surface area contributed by atoms with Crippen molar-refractivity contribution in [2.75, 3.05) is 32.8 Å². The smallest absolute Gasteiger partial charge is 0.251 e. The van der Waals surface area contributed by atoms with Crippen molar-refractivity contribution in [1.29, 1.82) is 0 Å². The second-order valence-corrected chi connectivity index (χ2v) is 6.75. The van der Waals surface area contributed by atoms with E-state index < -0.39 is 0 Å². The number of hydrogen-bond donors (Lipinski definition) is 1. The van der Waals surface area contributed by atoms with Gasteiger partial charge in [-0.05, 0) is 43.2 Å². The van der Waals surface area contributed by atoms with Crippen LogP contribution in [-0.4, -0.2) is 43.7 Å². The van der Waals surface area contributed by atoms with Crippen molar-refractivity contribution in [2.45, 2.75) is 19.9 Å². The van der Waals surface area contributed by atoms with E-state index in [1.807, 2.05) is 6.07 Å². The molecule has 0 bridgehead atoms. The lowest BCUT2D eigenvalue weighted by Gasteiger charge is -2.35. The first-order valence-corrected chi connectivity index (χ1v) is 8.97. The molecule has 5 heteroatoms. The van der Waals surface area contributed by atoms with Gasteiger partial charge in [-0.15, -0.1) is 0 Å². The summed E-state index contributed by atoms with van der Waals surface area (Å²) in [5.41, 5.74) is 3.33. The molecule has 0 aromatic heterocycles. The van der Waals surface area contributed by atoms with Crippen LogP contribution in [0, 0.1) is 19.7 Å². The molecule has 4 nitrogen and oxygen atoms in total. The molecule has 1 atom stereocenters. The molecule has 0 saturated carbocycles. The van der Waals surface area contributed by atoms with E-state index in [-0.39, 0.29) is 17.8 Å². The Hall–Kier alpha value is -2.24. The highest BCUT2D eigenvalue weighted by molar-refractivity contribution is 5.94. The lowest BCUT2D eigenvalue weighted by Crippen LogP contribution is -2.43. The summed E-state index contributed by atoms with van der Waals surface area (Å²) in [5.74, 6) is -0.480. The molecule has 1 N–H and O–H groups in total. The van der Waals surface area contributed by atoms with Crippen LogP contribution in [-0.2, 0) is 4.74 Å². The fourth-order valence-electron chi connectivity index (χ4n) is 3.30.